The van der Waals surface area contributed by atoms with Crippen LogP contribution in [0.15, 0.2) is 41.0 Å². The molecule has 0 unspecified atom stereocenters. The minimum Gasteiger partial charge on any atom is -0.307 e. The van der Waals surface area contributed by atoms with Gasteiger partial charge in [-0.05, 0) is 59.1 Å². The fourth-order valence-electron chi connectivity index (χ4n) is 1.53. The second kappa shape index (κ2) is 5.31. The molecule has 92 valence electrons. The van der Waals surface area contributed by atoms with Crippen LogP contribution in [0.4, 0.5) is 5.82 Å². The van der Waals surface area contributed by atoms with Crippen molar-refractivity contribution in [3.63, 3.8) is 0 Å². The highest BCUT2D eigenvalue weighted by Gasteiger charge is 2.10. The number of nitrogens with zero attached hydrogens (tertiary/aromatic N) is 1. The van der Waals surface area contributed by atoms with Crippen LogP contribution >= 0.6 is 15.9 Å². The van der Waals surface area contributed by atoms with Crippen molar-refractivity contribution in [1.29, 1.82) is 0 Å². The Bertz CT molecular complexity index is 579. The molecule has 0 saturated carbocycles. The summed E-state index contributed by atoms with van der Waals surface area (Å²) in [6, 6.07) is 9.31. The number of hydrogen-bond donors (Lipinski definition) is 1. The van der Waals surface area contributed by atoms with Gasteiger partial charge >= 0.3 is 0 Å². The van der Waals surface area contributed by atoms with Gasteiger partial charge in [-0.1, -0.05) is 12.1 Å². The van der Waals surface area contributed by atoms with Crippen LogP contribution < -0.4 is 5.32 Å². The molecule has 0 radical (unpaired) electrons. The molecule has 0 atom stereocenters. The summed E-state index contributed by atoms with van der Waals surface area (Å²) in [5.74, 6) is 0.385. The van der Waals surface area contributed by atoms with E-state index >= 15 is 0 Å². The van der Waals surface area contributed by atoms with Gasteiger partial charge in [0.15, 0.2) is 0 Å². The first kappa shape index (κ1) is 12.8. The average molecular weight is 305 g/mol. The van der Waals surface area contributed by atoms with Crippen LogP contribution in [0.25, 0.3) is 0 Å². The summed E-state index contributed by atoms with van der Waals surface area (Å²) in [5, 5.41) is 2.77. The molecule has 0 saturated heterocycles. The van der Waals surface area contributed by atoms with Gasteiger partial charge in [0.05, 0.1) is 5.56 Å². The predicted octanol–water partition coefficient (Wildman–Crippen LogP) is 3.71. The van der Waals surface area contributed by atoms with E-state index in [0.717, 1.165) is 15.6 Å². The van der Waals surface area contributed by atoms with Gasteiger partial charge in [0, 0.05) is 10.7 Å². The summed E-state index contributed by atoms with van der Waals surface area (Å²) in [6.45, 7) is 3.93. The SMILES string of the molecule is Cc1ccc(NC(=O)c2ccc(C)cc2Br)nc1. The van der Waals surface area contributed by atoms with E-state index in [1.165, 1.54) is 0 Å². The summed E-state index contributed by atoms with van der Waals surface area (Å²) < 4.78 is 0.784. The first-order chi connectivity index (χ1) is 8.56. The Kier molecular flexibility index (Phi) is 3.77. The summed E-state index contributed by atoms with van der Waals surface area (Å²) in [7, 11) is 0. The van der Waals surface area contributed by atoms with Crippen LogP contribution in [0.5, 0.6) is 0 Å². The largest absolute Gasteiger partial charge is 0.307 e. The van der Waals surface area contributed by atoms with Crippen molar-refractivity contribution in [2.75, 3.05) is 5.32 Å². The zero-order valence-corrected chi connectivity index (χ0v) is 11.8. The van der Waals surface area contributed by atoms with Crippen molar-refractivity contribution in [1.82, 2.24) is 4.98 Å². The summed E-state index contributed by atoms with van der Waals surface area (Å²) in [6.07, 6.45) is 1.72. The number of hydrogen-bond acceptors (Lipinski definition) is 2. The first-order valence-electron chi connectivity index (χ1n) is 5.56. The number of carbonyl (C=O) groups excluding carboxylic acids is 1. The molecule has 1 aromatic heterocycles. The number of pyridine rings is 1. The normalized spacial score (nSPS) is 10.2. The maximum absolute atomic E-state index is 12.1. The van der Waals surface area contributed by atoms with E-state index in [0.29, 0.717) is 11.4 Å². The minimum atomic E-state index is -0.168. The van der Waals surface area contributed by atoms with Crippen LogP contribution in [-0.4, -0.2) is 10.9 Å². The second-order valence-electron chi connectivity index (χ2n) is 4.16. The van der Waals surface area contributed by atoms with Crippen molar-refractivity contribution >= 4 is 27.7 Å². The number of carbonyl (C=O) groups is 1. The van der Waals surface area contributed by atoms with Gasteiger partial charge in [-0.15, -0.1) is 0 Å². The van der Waals surface area contributed by atoms with Crippen LogP contribution in [0.3, 0.4) is 0 Å². The smallest absolute Gasteiger partial charge is 0.257 e. The lowest BCUT2D eigenvalue weighted by Crippen LogP contribution is -2.13. The topological polar surface area (TPSA) is 42.0 Å². The van der Waals surface area contributed by atoms with E-state index in [2.05, 4.69) is 26.2 Å². The van der Waals surface area contributed by atoms with Crippen LogP contribution in [0, 0.1) is 13.8 Å². The molecule has 4 heteroatoms. The van der Waals surface area contributed by atoms with E-state index in [9.17, 15) is 4.79 Å². The van der Waals surface area contributed by atoms with Gasteiger partial charge in [-0.25, -0.2) is 4.98 Å². The molecule has 0 bridgehead atoms. The van der Waals surface area contributed by atoms with E-state index in [4.69, 9.17) is 0 Å². The molecule has 2 aromatic rings. The van der Waals surface area contributed by atoms with Gasteiger partial charge in [-0.3, -0.25) is 4.79 Å². The van der Waals surface area contributed by atoms with Gasteiger partial charge in [0.1, 0.15) is 5.82 Å². The zero-order valence-electron chi connectivity index (χ0n) is 10.2. The number of aryl methyl sites for hydroxylation is 2. The lowest BCUT2D eigenvalue weighted by Gasteiger charge is -2.07. The monoisotopic (exact) mass is 304 g/mol. The Morgan fingerprint density at radius 2 is 1.89 bits per heavy atom. The highest BCUT2D eigenvalue weighted by atomic mass is 79.9. The molecule has 0 aliphatic carbocycles. The highest BCUT2D eigenvalue weighted by Crippen LogP contribution is 2.19. The van der Waals surface area contributed by atoms with E-state index in [-0.39, 0.29) is 5.91 Å². The molecule has 3 nitrogen and oxygen atoms in total. The molecule has 0 aliphatic heterocycles. The molecule has 1 aromatic carbocycles. The van der Waals surface area contributed by atoms with Gasteiger partial charge in [0.25, 0.3) is 5.91 Å². The molecule has 0 fully saturated rings. The fourth-order valence-corrected chi connectivity index (χ4v) is 2.20. The standard InChI is InChI=1S/C14H13BrN2O/c1-9-3-5-11(12(15)7-9)14(18)17-13-6-4-10(2)8-16-13/h3-8H,1-2H3,(H,16,17,18). The molecule has 0 aliphatic rings. The third-order valence-corrected chi connectivity index (χ3v) is 3.18. The number of rotatable bonds is 2. The van der Waals surface area contributed by atoms with Crippen molar-refractivity contribution in [2.24, 2.45) is 0 Å². The van der Waals surface area contributed by atoms with E-state index in [1.807, 2.05) is 32.0 Å². The Morgan fingerprint density at radius 3 is 2.50 bits per heavy atom. The quantitative estimate of drug-likeness (QED) is 0.919. The number of benzene rings is 1. The summed E-state index contributed by atoms with van der Waals surface area (Å²) >= 11 is 3.39. The van der Waals surface area contributed by atoms with Crippen molar-refractivity contribution in [3.8, 4) is 0 Å². The lowest BCUT2D eigenvalue weighted by molar-refractivity contribution is 0.102. The molecule has 18 heavy (non-hydrogen) atoms. The number of aromatic nitrogens is 1. The summed E-state index contributed by atoms with van der Waals surface area (Å²) in [4.78, 5) is 16.2. The Balaban J connectivity index is 2.19. The molecule has 1 amide bonds. The first-order valence-corrected chi connectivity index (χ1v) is 6.36. The third kappa shape index (κ3) is 2.96. The van der Waals surface area contributed by atoms with Crippen LogP contribution in [0.1, 0.15) is 21.5 Å². The van der Waals surface area contributed by atoms with Gasteiger partial charge in [-0.2, -0.15) is 0 Å². The Hall–Kier alpha value is -1.68. The van der Waals surface area contributed by atoms with Crippen molar-refractivity contribution in [3.05, 3.63) is 57.7 Å². The van der Waals surface area contributed by atoms with Crippen molar-refractivity contribution in [2.45, 2.75) is 13.8 Å². The van der Waals surface area contributed by atoms with Crippen LogP contribution in [0.2, 0.25) is 0 Å². The second-order valence-corrected chi connectivity index (χ2v) is 5.01. The highest BCUT2D eigenvalue weighted by molar-refractivity contribution is 9.10. The Morgan fingerprint density at radius 1 is 1.17 bits per heavy atom. The maximum Gasteiger partial charge on any atom is 0.257 e. The maximum atomic E-state index is 12.1. The predicted molar refractivity (Wildman–Crippen MR) is 75.8 cm³/mol. The lowest BCUT2D eigenvalue weighted by atomic mass is 10.1. The number of amides is 1. The third-order valence-electron chi connectivity index (χ3n) is 2.52. The van der Waals surface area contributed by atoms with Gasteiger partial charge < -0.3 is 5.32 Å². The summed E-state index contributed by atoms with van der Waals surface area (Å²) in [5.41, 5.74) is 2.76. The minimum absolute atomic E-state index is 0.168. The van der Waals surface area contributed by atoms with Crippen LogP contribution in [-0.2, 0) is 0 Å². The van der Waals surface area contributed by atoms with E-state index in [1.54, 1.807) is 18.3 Å². The number of anilines is 1. The van der Waals surface area contributed by atoms with E-state index < -0.39 is 0 Å². The zero-order chi connectivity index (χ0) is 13.1. The van der Waals surface area contributed by atoms with Crippen molar-refractivity contribution < 1.29 is 4.79 Å². The molecular formula is C14H13BrN2O. The number of halogens is 1. The Labute approximate surface area is 114 Å². The van der Waals surface area contributed by atoms with Gasteiger partial charge in [0.2, 0.25) is 0 Å². The fraction of sp³-hybridized carbons (Fsp3) is 0.143. The molecule has 1 N–H and O–H groups in total. The number of nitrogens with one attached hydrogen (secondary N) is 1. The molecule has 2 rings (SSSR count). The average Bonchev–Trinajstić information content (AvgIpc) is 2.32. The molecule has 1 heterocycles. The molecule has 0 spiro atoms. The molecular weight excluding hydrogens is 292 g/mol.